The van der Waals surface area contributed by atoms with E-state index in [0.29, 0.717) is 22.1 Å². The van der Waals surface area contributed by atoms with Crippen LogP contribution in [0, 0.1) is 13.8 Å². The van der Waals surface area contributed by atoms with Crippen LogP contribution in [0.15, 0.2) is 35.5 Å². The lowest BCUT2D eigenvalue weighted by Crippen LogP contribution is -2.25. The minimum absolute atomic E-state index is 0.0245. The number of aromatic nitrogens is 6. The van der Waals surface area contributed by atoms with Gasteiger partial charge in [-0.15, -0.1) is 0 Å². The van der Waals surface area contributed by atoms with Gasteiger partial charge in [0.05, 0.1) is 34.9 Å². The van der Waals surface area contributed by atoms with E-state index in [2.05, 4.69) is 15.2 Å². The maximum absolute atomic E-state index is 11.3. The van der Waals surface area contributed by atoms with E-state index in [-0.39, 0.29) is 12.0 Å². The van der Waals surface area contributed by atoms with Gasteiger partial charge in [0.2, 0.25) is 0 Å². The summed E-state index contributed by atoms with van der Waals surface area (Å²) in [5.41, 5.74) is 3.39. The van der Waals surface area contributed by atoms with Gasteiger partial charge >= 0.3 is 5.97 Å². The number of rotatable bonds is 2. The van der Waals surface area contributed by atoms with E-state index < -0.39 is 5.97 Å². The Bertz CT molecular complexity index is 1200. The first kappa shape index (κ1) is 21.6. The van der Waals surface area contributed by atoms with Gasteiger partial charge in [-0.2, -0.15) is 10.2 Å². The van der Waals surface area contributed by atoms with Crippen LogP contribution in [0.3, 0.4) is 0 Å². The van der Waals surface area contributed by atoms with Gasteiger partial charge < -0.3 is 10.9 Å². The molecule has 0 saturated carbocycles. The van der Waals surface area contributed by atoms with Gasteiger partial charge in [-0.25, -0.2) is 14.2 Å². The molecule has 4 aromatic rings. The molecule has 0 fully saturated rings. The van der Waals surface area contributed by atoms with E-state index in [9.17, 15) is 9.59 Å². The van der Waals surface area contributed by atoms with Crippen LogP contribution in [-0.2, 0) is 18.3 Å². The Hall–Kier alpha value is -3.69. The van der Waals surface area contributed by atoms with Crippen molar-refractivity contribution in [2.45, 2.75) is 34.1 Å². The molecule has 0 aromatic carbocycles. The fraction of sp³-hybridized carbons (Fsp3) is 0.316. The Balaban J connectivity index is 0.000000194. The molecule has 4 heterocycles. The molecule has 154 valence electrons. The molecule has 0 amide bonds. The van der Waals surface area contributed by atoms with Crippen molar-refractivity contribution in [1.29, 1.82) is 0 Å². The van der Waals surface area contributed by atoms with Crippen molar-refractivity contribution in [2.24, 2.45) is 7.05 Å². The number of carbonyl (C=O) groups is 1. The molecule has 0 radical (unpaired) electrons. The summed E-state index contributed by atoms with van der Waals surface area (Å²) in [7, 11) is 1.76. The van der Waals surface area contributed by atoms with E-state index in [1.165, 1.54) is 6.20 Å². The minimum Gasteiger partial charge on any atom is -0.481 e. The second-order valence-corrected chi connectivity index (χ2v) is 6.16. The monoisotopic (exact) mass is 399 g/mol. The number of hydrogen-bond acceptors (Lipinski definition) is 6. The van der Waals surface area contributed by atoms with Crippen LogP contribution in [0.5, 0.6) is 0 Å². The average molecular weight is 399 g/mol. The molecule has 0 aliphatic carbocycles. The molecule has 10 nitrogen and oxygen atoms in total. The molecule has 0 spiro atoms. The lowest BCUT2D eigenvalue weighted by atomic mass is 10.2. The number of aryl methyl sites for hydroxylation is 3. The number of pyridine rings is 1. The van der Waals surface area contributed by atoms with E-state index >= 15 is 0 Å². The van der Waals surface area contributed by atoms with Gasteiger partial charge in [0.1, 0.15) is 0 Å². The highest BCUT2D eigenvalue weighted by Gasteiger charge is 2.10. The third-order valence-electron chi connectivity index (χ3n) is 3.80. The van der Waals surface area contributed by atoms with Crippen molar-refractivity contribution < 1.29 is 9.90 Å². The second kappa shape index (κ2) is 9.00. The summed E-state index contributed by atoms with van der Waals surface area (Å²) >= 11 is 0. The first-order valence-corrected chi connectivity index (χ1v) is 9.09. The summed E-state index contributed by atoms with van der Waals surface area (Å²) in [6, 6.07) is 3.46. The highest BCUT2D eigenvalue weighted by atomic mass is 16.4. The molecule has 10 heteroatoms. The average Bonchev–Trinajstić information content (AvgIpc) is 3.22. The SMILES string of the molecule is CC.Cc1cn2nc(C)cc(CC(=O)O)c2n1.Cn1cc2c(=O)n(N)ccc2n1. The molecule has 0 aliphatic rings. The Kier molecular flexibility index (Phi) is 6.71. The Morgan fingerprint density at radius 1 is 1.17 bits per heavy atom. The Labute approximate surface area is 167 Å². The standard InChI is InChI=1S/C10H11N3O2.C7H8N4O.C2H6/c1-6-3-8(4-9(14)15)10-11-7(2)5-13(10)12-6;1-10-4-5-6(9-10)2-3-11(8)7(5)12;1-2/h3,5H,4H2,1-2H3,(H,14,15);2-4H,8H2,1H3;1-2H3. The smallest absolute Gasteiger partial charge is 0.307 e. The largest absolute Gasteiger partial charge is 0.481 e. The predicted molar refractivity (Wildman–Crippen MR) is 110 cm³/mol. The van der Waals surface area contributed by atoms with E-state index in [0.717, 1.165) is 16.1 Å². The Morgan fingerprint density at radius 2 is 1.86 bits per heavy atom. The maximum Gasteiger partial charge on any atom is 0.307 e. The van der Waals surface area contributed by atoms with Gasteiger partial charge in [0.25, 0.3) is 5.56 Å². The number of fused-ring (bicyclic) bond motifs is 2. The van der Waals surface area contributed by atoms with Crippen molar-refractivity contribution in [3.05, 3.63) is 58.0 Å². The zero-order valence-corrected chi connectivity index (χ0v) is 17.1. The first-order chi connectivity index (χ1) is 13.7. The fourth-order valence-corrected chi connectivity index (χ4v) is 2.74. The lowest BCUT2D eigenvalue weighted by Gasteiger charge is -2.01. The molecule has 4 rings (SSSR count). The lowest BCUT2D eigenvalue weighted by molar-refractivity contribution is -0.136. The topological polar surface area (TPSA) is 133 Å². The van der Waals surface area contributed by atoms with Gasteiger partial charge in [0.15, 0.2) is 5.65 Å². The predicted octanol–water partition coefficient (Wildman–Crippen LogP) is 1.45. The quantitative estimate of drug-likeness (QED) is 0.487. The normalized spacial score (nSPS) is 10.2. The van der Waals surface area contributed by atoms with E-state index in [4.69, 9.17) is 10.9 Å². The third-order valence-corrected chi connectivity index (χ3v) is 3.80. The number of carboxylic acid groups (broad SMARTS) is 1. The number of aliphatic carboxylic acids is 1. The van der Waals surface area contributed by atoms with Crippen molar-refractivity contribution >= 4 is 22.5 Å². The van der Waals surface area contributed by atoms with E-state index in [1.807, 2.05) is 27.7 Å². The summed E-state index contributed by atoms with van der Waals surface area (Å²) < 4.78 is 4.26. The molecule has 0 bridgehead atoms. The zero-order chi connectivity index (χ0) is 21.7. The fourth-order valence-electron chi connectivity index (χ4n) is 2.74. The summed E-state index contributed by atoms with van der Waals surface area (Å²) in [6.07, 6.45) is 4.91. The maximum atomic E-state index is 11.3. The molecular weight excluding hydrogens is 374 g/mol. The number of nitrogens with two attached hydrogens (primary N) is 1. The molecule has 0 atom stereocenters. The van der Waals surface area contributed by atoms with Gasteiger partial charge in [-0.05, 0) is 26.0 Å². The number of carboxylic acids is 1. The van der Waals surface area contributed by atoms with Crippen LogP contribution in [0.25, 0.3) is 16.6 Å². The van der Waals surface area contributed by atoms with Gasteiger partial charge in [-0.1, -0.05) is 13.8 Å². The molecule has 0 aliphatic heterocycles. The summed E-state index contributed by atoms with van der Waals surface area (Å²) in [4.78, 5) is 26.2. The van der Waals surface area contributed by atoms with Crippen LogP contribution < -0.4 is 11.4 Å². The molecule has 3 N–H and O–H groups in total. The molecule has 29 heavy (non-hydrogen) atoms. The van der Waals surface area contributed by atoms with Crippen LogP contribution in [0.1, 0.15) is 30.8 Å². The molecule has 0 unspecified atom stereocenters. The van der Waals surface area contributed by atoms with E-state index in [1.54, 1.807) is 40.8 Å². The number of nitrogens with zero attached hydrogens (tertiary/aromatic N) is 6. The van der Waals surface area contributed by atoms with Crippen LogP contribution in [0.2, 0.25) is 0 Å². The van der Waals surface area contributed by atoms with Crippen molar-refractivity contribution in [1.82, 2.24) is 29.1 Å². The summed E-state index contributed by atoms with van der Waals surface area (Å²) in [5.74, 6) is 4.50. The second-order valence-electron chi connectivity index (χ2n) is 6.16. The van der Waals surface area contributed by atoms with Gasteiger partial charge in [-0.3, -0.25) is 14.3 Å². The number of nitrogen functional groups attached to an aromatic ring is 1. The highest BCUT2D eigenvalue weighted by molar-refractivity contribution is 5.76. The first-order valence-electron chi connectivity index (χ1n) is 9.09. The third kappa shape index (κ3) is 4.98. The van der Waals surface area contributed by atoms with Crippen LogP contribution in [-0.4, -0.2) is 40.1 Å². The van der Waals surface area contributed by atoms with Crippen LogP contribution in [0.4, 0.5) is 0 Å². The summed E-state index contributed by atoms with van der Waals surface area (Å²) in [6.45, 7) is 7.69. The summed E-state index contributed by atoms with van der Waals surface area (Å²) in [5, 5.41) is 17.6. The van der Waals surface area contributed by atoms with Gasteiger partial charge in [0, 0.05) is 25.0 Å². The number of imidazole rings is 1. The number of hydrogen-bond donors (Lipinski definition) is 2. The highest BCUT2D eigenvalue weighted by Crippen LogP contribution is 2.12. The minimum atomic E-state index is -0.858. The molecular formula is C19H25N7O3. The van der Waals surface area contributed by atoms with Crippen LogP contribution >= 0.6 is 0 Å². The zero-order valence-electron chi connectivity index (χ0n) is 17.1. The van der Waals surface area contributed by atoms with Crippen molar-refractivity contribution in [3.8, 4) is 0 Å². The molecule has 4 aromatic heterocycles. The Morgan fingerprint density at radius 3 is 2.52 bits per heavy atom. The van der Waals surface area contributed by atoms with Crippen molar-refractivity contribution in [3.63, 3.8) is 0 Å². The van der Waals surface area contributed by atoms with Crippen molar-refractivity contribution in [2.75, 3.05) is 5.84 Å². The molecule has 0 saturated heterocycles.